The van der Waals surface area contributed by atoms with Crippen LogP contribution in [0.4, 0.5) is 0 Å². The van der Waals surface area contributed by atoms with Gasteiger partial charge in [-0.2, -0.15) is 0 Å². The van der Waals surface area contributed by atoms with Crippen LogP contribution in [-0.2, 0) is 35.1 Å². The van der Waals surface area contributed by atoms with Gasteiger partial charge in [0, 0.05) is 0 Å². The molecule has 20 heavy (non-hydrogen) atoms. The van der Waals surface area contributed by atoms with E-state index in [-0.39, 0.29) is 16.2 Å². The Balaban J connectivity index is 3.80. The number of hydrogen-bond acceptors (Lipinski definition) is 0. The molecular formula is C18H30PW. The van der Waals surface area contributed by atoms with Crippen LogP contribution in [0.15, 0.2) is 12.1 Å². The van der Waals surface area contributed by atoms with Crippen LogP contribution in [0.1, 0.15) is 79.0 Å². The summed E-state index contributed by atoms with van der Waals surface area (Å²) in [5, 5.41) is 1.58. The summed E-state index contributed by atoms with van der Waals surface area (Å²) in [5.74, 6) is 0. The van der Waals surface area contributed by atoms with E-state index in [1.807, 2.05) is 0 Å². The molecule has 0 unspecified atom stereocenters. The third kappa shape index (κ3) is 4.11. The second-order valence-electron chi connectivity index (χ2n) is 8.77. The summed E-state index contributed by atoms with van der Waals surface area (Å²) >= 11 is 1.41. The van der Waals surface area contributed by atoms with Gasteiger partial charge in [-0.05, 0) is 0 Å². The number of rotatable bonds is 1. The van der Waals surface area contributed by atoms with E-state index in [1.54, 1.807) is 16.4 Å². The minimum atomic E-state index is 0.207. The van der Waals surface area contributed by atoms with Crippen LogP contribution < -0.4 is 5.30 Å². The van der Waals surface area contributed by atoms with Crippen molar-refractivity contribution in [3.05, 3.63) is 28.8 Å². The molecule has 0 atom stereocenters. The van der Waals surface area contributed by atoms with Crippen LogP contribution in [0.2, 0.25) is 0 Å². The quantitative estimate of drug-likeness (QED) is 0.496. The first kappa shape index (κ1) is 18.3. The van der Waals surface area contributed by atoms with E-state index < -0.39 is 0 Å². The van der Waals surface area contributed by atoms with Gasteiger partial charge in [-0.3, -0.25) is 0 Å². The van der Waals surface area contributed by atoms with Gasteiger partial charge in [0.2, 0.25) is 0 Å². The zero-order valence-electron chi connectivity index (χ0n) is 14.5. The second kappa shape index (κ2) is 5.77. The van der Waals surface area contributed by atoms with Crippen LogP contribution in [-0.4, -0.2) is 0 Å². The first-order chi connectivity index (χ1) is 8.78. The first-order valence-corrected chi connectivity index (χ1v) is 12.5. The molecule has 1 aromatic carbocycles. The van der Waals surface area contributed by atoms with Crippen LogP contribution >= 0.6 is 6.21 Å². The van der Waals surface area contributed by atoms with Crippen LogP contribution in [0, 0.1) is 0 Å². The Kier molecular flexibility index (Phi) is 5.27. The zero-order chi connectivity index (χ0) is 15.9. The molecule has 113 valence electrons. The van der Waals surface area contributed by atoms with E-state index in [1.165, 1.54) is 30.6 Å². The van der Waals surface area contributed by atoms with Crippen LogP contribution in [0.3, 0.4) is 0 Å². The molecule has 0 aliphatic carbocycles. The fourth-order valence-corrected chi connectivity index (χ4v) is 5.66. The molecule has 0 nitrogen and oxygen atoms in total. The molecule has 1 rings (SSSR count). The molecule has 0 bridgehead atoms. The summed E-state index contributed by atoms with van der Waals surface area (Å²) < 4.78 is 0. The van der Waals surface area contributed by atoms with Crippen molar-refractivity contribution in [1.29, 1.82) is 0 Å². The van der Waals surface area contributed by atoms with Gasteiger partial charge in [-0.25, -0.2) is 0 Å². The average Bonchev–Trinajstić information content (AvgIpc) is 2.23. The summed E-state index contributed by atoms with van der Waals surface area (Å²) in [6.07, 6.45) is 1.49. The predicted octanol–water partition coefficient (Wildman–Crippen LogP) is 5.34. The Morgan fingerprint density at radius 3 is 1.25 bits per heavy atom. The molecule has 0 saturated heterocycles. The third-order valence-electron chi connectivity index (χ3n) is 3.69. The Morgan fingerprint density at radius 1 is 0.700 bits per heavy atom. The van der Waals surface area contributed by atoms with Crippen molar-refractivity contribution in [3.8, 4) is 0 Å². The molecule has 1 aromatic rings. The second-order valence-corrected chi connectivity index (χ2v) is 11.6. The third-order valence-corrected chi connectivity index (χ3v) is 6.53. The van der Waals surface area contributed by atoms with E-state index in [0.717, 1.165) is 0 Å². The van der Waals surface area contributed by atoms with E-state index in [4.69, 9.17) is 0 Å². The van der Waals surface area contributed by atoms with Crippen LogP contribution in [0.25, 0.3) is 0 Å². The predicted molar refractivity (Wildman–Crippen MR) is 90.5 cm³/mol. The standard InChI is InChI=1S/C18H29P.W.H/c1-16(2,3)12-10-13(17(4,5)6)15(19)14(11-12)18(7,8)9;;/h10-11H,1-9H3;;. The molecule has 0 amide bonds. The van der Waals surface area contributed by atoms with Gasteiger partial charge in [0.1, 0.15) is 0 Å². The normalized spacial score (nSPS) is 13.8. The average molecular weight is 461 g/mol. The molecule has 2 heteroatoms. The van der Waals surface area contributed by atoms with Gasteiger partial charge >= 0.3 is 138 Å². The van der Waals surface area contributed by atoms with Crippen LogP contribution in [0.5, 0.6) is 0 Å². The van der Waals surface area contributed by atoms with E-state index in [0.29, 0.717) is 0 Å². The van der Waals surface area contributed by atoms with E-state index >= 15 is 0 Å². The van der Waals surface area contributed by atoms with E-state index in [9.17, 15) is 0 Å². The molecule has 0 fully saturated rings. The summed E-state index contributed by atoms with van der Waals surface area (Å²) in [5.41, 5.74) is 5.18. The molecule has 0 radical (unpaired) electrons. The number of benzene rings is 1. The summed E-state index contributed by atoms with van der Waals surface area (Å²) in [6, 6.07) is 4.93. The Bertz CT molecular complexity index is 473. The van der Waals surface area contributed by atoms with Crippen molar-refractivity contribution in [2.75, 3.05) is 0 Å². The van der Waals surface area contributed by atoms with Gasteiger partial charge in [-0.15, -0.1) is 0 Å². The van der Waals surface area contributed by atoms with Gasteiger partial charge in [0.15, 0.2) is 0 Å². The van der Waals surface area contributed by atoms with Crippen molar-refractivity contribution in [1.82, 2.24) is 0 Å². The molecular weight excluding hydrogens is 431 g/mol. The maximum atomic E-state index is 2.46. The molecule has 0 aliphatic heterocycles. The Morgan fingerprint density at radius 2 is 1.05 bits per heavy atom. The Labute approximate surface area is 137 Å². The molecule has 0 N–H and O–H groups in total. The molecule has 0 aromatic heterocycles. The SMILES string of the molecule is CC(C)(C)c1cc(C(C)(C)C)c([P]=[WH])c(C(C)(C)C)c1. The van der Waals surface area contributed by atoms with E-state index in [2.05, 4.69) is 74.4 Å². The maximum absolute atomic E-state index is 2.46. The summed E-state index contributed by atoms with van der Waals surface area (Å²) in [4.78, 5) is 0. The Hall–Kier alpha value is 0.208. The molecule has 0 heterocycles. The fraction of sp³-hybridized carbons (Fsp3) is 0.667. The molecule has 0 saturated carbocycles. The minimum absolute atomic E-state index is 0.207. The van der Waals surface area contributed by atoms with Crippen molar-refractivity contribution < 1.29 is 18.8 Å². The number of hydrogen-bond donors (Lipinski definition) is 0. The monoisotopic (exact) mass is 461 g/mol. The summed E-state index contributed by atoms with van der Waals surface area (Å²) in [7, 11) is 0. The van der Waals surface area contributed by atoms with Crippen molar-refractivity contribution >= 4 is 11.5 Å². The van der Waals surface area contributed by atoms with Crippen molar-refractivity contribution in [2.24, 2.45) is 0 Å². The fourth-order valence-electron chi connectivity index (χ4n) is 2.32. The van der Waals surface area contributed by atoms with Gasteiger partial charge < -0.3 is 0 Å². The topological polar surface area (TPSA) is 0 Å². The van der Waals surface area contributed by atoms with Gasteiger partial charge in [0.25, 0.3) is 0 Å². The zero-order valence-corrected chi connectivity index (χ0v) is 18.7. The summed E-state index contributed by atoms with van der Waals surface area (Å²) in [6.45, 7) is 21.0. The van der Waals surface area contributed by atoms with Crippen molar-refractivity contribution in [2.45, 2.75) is 78.6 Å². The molecule has 0 spiro atoms. The molecule has 0 aliphatic rings. The van der Waals surface area contributed by atoms with Gasteiger partial charge in [0.05, 0.1) is 0 Å². The first-order valence-electron chi connectivity index (χ1n) is 7.33. The van der Waals surface area contributed by atoms with Gasteiger partial charge in [-0.1, -0.05) is 0 Å². The van der Waals surface area contributed by atoms with Crippen molar-refractivity contribution in [3.63, 3.8) is 0 Å².